The summed E-state index contributed by atoms with van der Waals surface area (Å²) in [6.45, 7) is 3.65. The lowest BCUT2D eigenvalue weighted by Gasteiger charge is -2.39. The summed E-state index contributed by atoms with van der Waals surface area (Å²) < 4.78 is 7.23. The molecule has 2 aliphatic rings. The van der Waals surface area contributed by atoms with E-state index in [1.54, 1.807) is 21.1 Å². The van der Waals surface area contributed by atoms with Gasteiger partial charge in [0.2, 0.25) is 11.8 Å². The van der Waals surface area contributed by atoms with Gasteiger partial charge in [0.05, 0.1) is 18.7 Å². The van der Waals surface area contributed by atoms with Gasteiger partial charge in [-0.15, -0.1) is 0 Å². The van der Waals surface area contributed by atoms with E-state index in [-0.39, 0.29) is 29.7 Å². The molecule has 196 valence electrons. The fraction of sp³-hybridized carbons (Fsp3) is 0.593. The highest BCUT2D eigenvalue weighted by Crippen LogP contribution is 2.28. The number of rotatable bonds is 7. The highest BCUT2D eigenvalue weighted by molar-refractivity contribution is 5.99. The Morgan fingerprint density at radius 3 is 2.31 bits per heavy atom. The standard InChI is InChI=1S/C27H39N5O4/c1-18(28-2)25(33)29-24(19-8-6-5-7-9-19)27(35)32-14-12-31(13-15-32)26(34)23-16-20-10-11-21(36-4)17-22(20)30(23)3/h10-11,16-19,24,28H,5-9,12-15H2,1-4H3,(H,29,33)/t18?,24-/m0/s1. The third kappa shape index (κ3) is 5.36. The molecular weight excluding hydrogens is 458 g/mol. The number of carbonyl (C=O) groups is 3. The Morgan fingerprint density at radius 1 is 1.00 bits per heavy atom. The van der Waals surface area contributed by atoms with Gasteiger partial charge < -0.3 is 29.7 Å². The fourth-order valence-corrected chi connectivity index (χ4v) is 5.39. The van der Waals surface area contributed by atoms with Gasteiger partial charge in [-0.25, -0.2) is 0 Å². The Hall–Kier alpha value is -3.07. The average molecular weight is 498 g/mol. The minimum absolute atomic E-state index is 0.0256. The summed E-state index contributed by atoms with van der Waals surface area (Å²) in [7, 11) is 5.25. The molecule has 9 nitrogen and oxygen atoms in total. The molecule has 1 aromatic carbocycles. The van der Waals surface area contributed by atoms with Crippen molar-refractivity contribution in [3.8, 4) is 5.75 Å². The van der Waals surface area contributed by atoms with E-state index in [1.165, 1.54) is 6.42 Å². The number of amides is 3. The zero-order valence-corrected chi connectivity index (χ0v) is 21.9. The monoisotopic (exact) mass is 497 g/mol. The Morgan fingerprint density at radius 2 is 1.67 bits per heavy atom. The van der Waals surface area contributed by atoms with Gasteiger partial charge in [0.25, 0.3) is 5.91 Å². The van der Waals surface area contributed by atoms with Gasteiger partial charge in [-0.05, 0) is 50.9 Å². The molecule has 0 bridgehead atoms. The predicted molar refractivity (Wildman–Crippen MR) is 139 cm³/mol. The van der Waals surface area contributed by atoms with E-state index in [2.05, 4.69) is 10.6 Å². The van der Waals surface area contributed by atoms with Gasteiger partial charge in [-0.3, -0.25) is 14.4 Å². The molecule has 0 radical (unpaired) electrons. The summed E-state index contributed by atoms with van der Waals surface area (Å²) >= 11 is 0. The first-order valence-corrected chi connectivity index (χ1v) is 13.0. The van der Waals surface area contributed by atoms with Crippen molar-refractivity contribution in [2.75, 3.05) is 40.3 Å². The van der Waals surface area contributed by atoms with Crippen molar-refractivity contribution >= 4 is 28.6 Å². The maximum Gasteiger partial charge on any atom is 0.270 e. The van der Waals surface area contributed by atoms with Crippen LogP contribution in [-0.2, 0) is 16.6 Å². The van der Waals surface area contributed by atoms with Crippen LogP contribution >= 0.6 is 0 Å². The first kappa shape index (κ1) is 26.0. The van der Waals surface area contributed by atoms with Crippen molar-refractivity contribution in [1.82, 2.24) is 25.0 Å². The molecule has 1 saturated heterocycles. The van der Waals surface area contributed by atoms with Gasteiger partial charge in [0.15, 0.2) is 0 Å². The number of piperazine rings is 1. The summed E-state index contributed by atoms with van der Waals surface area (Å²) in [4.78, 5) is 43.2. The number of ether oxygens (including phenoxy) is 1. The molecule has 1 aliphatic heterocycles. The molecule has 1 saturated carbocycles. The van der Waals surface area contributed by atoms with Crippen LogP contribution in [-0.4, -0.2) is 84.5 Å². The van der Waals surface area contributed by atoms with Crippen molar-refractivity contribution in [3.63, 3.8) is 0 Å². The Bertz CT molecular complexity index is 1100. The third-order valence-electron chi connectivity index (χ3n) is 7.86. The zero-order valence-electron chi connectivity index (χ0n) is 21.9. The second kappa shape index (κ2) is 11.3. The first-order valence-electron chi connectivity index (χ1n) is 13.0. The fourth-order valence-electron chi connectivity index (χ4n) is 5.39. The van der Waals surface area contributed by atoms with Crippen molar-refractivity contribution < 1.29 is 19.1 Å². The topological polar surface area (TPSA) is 95.9 Å². The molecule has 9 heteroatoms. The lowest BCUT2D eigenvalue weighted by Crippen LogP contribution is -2.59. The Labute approximate surface area is 213 Å². The van der Waals surface area contributed by atoms with Crippen LogP contribution in [0.2, 0.25) is 0 Å². The average Bonchev–Trinajstić information content (AvgIpc) is 3.26. The lowest BCUT2D eigenvalue weighted by atomic mass is 9.83. The zero-order chi connectivity index (χ0) is 25.8. The molecule has 3 amide bonds. The van der Waals surface area contributed by atoms with Gasteiger partial charge in [0.1, 0.15) is 17.5 Å². The molecule has 1 aliphatic carbocycles. The van der Waals surface area contributed by atoms with Crippen LogP contribution in [0.1, 0.15) is 49.5 Å². The predicted octanol–water partition coefficient (Wildman–Crippen LogP) is 2.14. The summed E-state index contributed by atoms with van der Waals surface area (Å²) in [6, 6.07) is 6.81. The number of aryl methyl sites for hydroxylation is 1. The van der Waals surface area contributed by atoms with Crippen LogP contribution in [0.3, 0.4) is 0 Å². The number of carbonyl (C=O) groups excluding carboxylic acids is 3. The molecule has 2 atom stereocenters. The summed E-state index contributed by atoms with van der Waals surface area (Å²) in [5, 5.41) is 6.98. The maximum atomic E-state index is 13.6. The van der Waals surface area contributed by atoms with Gasteiger partial charge in [0, 0.05) is 44.7 Å². The molecule has 4 rings (SSSR count). The second-order valence-corrected chi connectivity index (χ2v) is 10.0. The van der Waals surface area contributed by atoms with E-state index in [0.29, 0.717) is 31.9 Å². The molecule has 36 heavy (non-hydrogen) atoms. The second-order valence-electron chi connectivity index (χ2n) is 10.0. The summed E-state index contributed by atoms with van der Waals surface area (Å²) in [5.74, 6) is 0.690. The number of aromatic nitrogens is 1. The Balaban J connectivity index is 1.43. The normalized spacial score (nSPS) is 18.7. The molecular formula is C27H39N5O4. The number of hydrogen-bond donors (Lipinski definition) is 2. The van der Waals surface area contributed by atoms with Crippen molar-refractivity contribution in [2.45, 2.75) is 51.1 Å². The number of benzene rings is 1. The quantitative estimate of drug-likeness (QED) is 0.611. The highest BCUT2D eigenvalue weighted by Gasteiger charge is 2.36. The number of nitrogens with one attached hydrogen (secondary N) is 2. The molecule has 2 aromatic rings. The van der Waals surface area contributed by atoms with Crippen LogP contribution < -0.4 is 15.4 Å². The smallest absolute Gasteiger partial charge is 0.270 e. The van der Waals surface area contributed by atoms with E-state index in [9.17, 15) is 14.4 Å². The van der Waals surface area contributed by atoms with E-state index in [0.717, 1.165) is 42.3 Å². The molecule has 0 spiro atoms. The van der Waals surface area contributed by atoms with E-state index in [4.69, 9.17) is 4.74 Å². The number of nitrogens with zero attached hydrogens (tertiary/aromatic N) is 3. The summed E-state index contributed by atoms with van der Waals surface area (Å²) in [5.41, 5.74) is 1.56. The van der Waals surface area contributed by atoms with E-state index in [1.807, 2.05) is 45.7 Å². The lowest BCUT2D eigenvalue weighted by molar-refractivity contribution is -0.140. The van der Waals surface area contributed by atoms with E-state index >= 15 is 0 Å². The van der Waals surface area contributed by atoms with Gasteiger partial charge >= 0.3 is 0 Å². The molecule has 2 heterocycles. The first-order chi connectivity index (χ1) is 17.3. The molecule has 1 aromatic heterocycles. The number of likely N-dealkylation sites (N-methyl/N-ethyl adjacent to an activating group) is 1. The summed E-state index contributed by atoms with van der Waals surface area (Å²) in [6.07, 6.45) is 5.26. The molecule has 2 fully saturated rings. The third-order valence-corrected chi connectivity index (χ3v) is 7.86. The number of fused-ring (bicyclic) bond motifs is 1. The van der Waals surface area contributed by atoms with Crippen LogP contribution in [0.15, 0.2) is 24.3 Å². The minimum Gasteiger partial charge on any atom is -0.497 e. The van der Waals surface area contributed by atoms with Crippen LogP contribution in [0.4, 0.5) is 0 Å². The number of methoxy groups -OCH3 is 1. The highest BCUT2D eigenvalue weighted by atomic mass is 16.5. The van der Waals surface area contributed by atoms with Gasteiger partial charge in [-0.1, -0.05) is 19.3 Å². The van der Waals surface area contributed by atoms with Crippen LogP contribution in [0, 0.1) is 5.92 Å². The van der Waals surface area contributed by atoms with Crippen molar-refractivity contribution in [1.29, 1.82) is 0 Å². The van der Waals surface area contributed by atoms with Crippen molar-refractivity contribution in [2.24, 2.45) is 13.0 Å². The van der Waals surface area contributed by atoms with Crippen LogP contribution in [0.25, 0.3) is 10.9 Å². The van der Waals surface area contributed by atoms with E-state index < -0.39 is 6.04 Å². The largest absolute Gasteiger partial charge is 0.497 e. The molecule has 2 N–H and O–H groups in total. The van der Waals surface area contributed by atoms with Crippen molar-refractivity contribution in [3.05, 3.63) is 30.0 Å². The molecule has 1 unspecified atom stereocenters. The minimum atomic E-state index is -0.510. The number of hydrogen-bond acceptors (Lipinski definition) is 5. The van der Waals surface area contributed by atoms with Gasteiger partial charge in [-0.2, -0.15) is 0 Å². The maximum absolute atomic E-state index is 13.6. The Kier molecular flexibility index (Phi) is 8.18. The van der Waals surface area contributed by atoms with Crippen LogP contribution in [0.5, 0.6) is 5.75 Å². The SMILES string of the molecule is CNC(C)C(=O)N[C@H](C(=O)N1CCN(C(=O)c2cc3ccc(OC)cc3n2C)CC1)C1CCCCC1.